The second-order valence-corrected chi connectivity index (χ2v) is 6.05. The van der Waals surface area contributed by atoms with Crippen LogP contribution in [-0.2, 0) is 0 Å². The Bertz CT molecular complexity index is 1430. The number of hydrogen-bond donors (Lipinski definition) is 1. The lowest BCUT2D eigenvalue weighted by molar-refractivity contribution is 1.18. The van der Waals surface area contributed by atoms with Gasteiger partial charge in [0.15, 0.2) is 0 Å². The van der Waals surface area contributed by atoms with Crippen LogP contribution in [0.1, 0.15) is 6.85 Å². The summed E-state index contributed by atoms with van der Waals surface area (Å²) in [5, 5.41) is 5.25. The van der Waals surface area contributed by atoms with E-state index in [4.69, 9.17) is 6.85 Å². The van der Waals surface area contributed by atoms with E-state index in [-0.39, 0.29) is 29.9 Å². The molecule has 0 atom stereocenters. The molecule has 4 aromatic carbocycles. The highest BCUT2D eigenvalue weighted by molar-refractivity contribution is 6.10. The smallest absolute Gasteiger partial charge is 0.0645 e. The van der Waals surface area contributed by atoms with E-state index in [9.17, 15) is 0 Å². The first kappa shape index (κ1) is 10.5. The maximum atomic E-state index is 8.17. The summed E-state index contributed by atoms with van der Waals surface area (Å²) in [6.07, 6.45) is 0. The number of nitrogens with zero attached hydrogens (tertiary/aromatic N) is 1. The van der Waals surface area contributed by atoms with Crippen LogP contribution in [-0.4, -0.2) is 4.57 Å². The normalized spacial score (nSPS) is 13.8. The van der Waals surface area contributed by atoms with Gasteiger partial charge in [-0.2, -0.15) is 0 Å². The highest BCUT2D eigenvalue weighted by atomic mass is 15.0. The summed E-state index contributed by atoms with van der Waals surface area (Å²) >= 11 is 0. The van der Waals surface area contributed by atoms with Crippen molar-refractivity contribution in [2.24, 2.45) is 0 Å². The lowest BCUT2D eigenvalue weighted by atomic mass is 10.1. The third-order valence-electron chi connectivity index (χ3n) is 4.46. The molecule has 2 nitrogen and oxygen atoms in total. The molecule has 124 valence electrons. The fourth-order valence-electron chi connectivity index (χ4n) is 3.36. The van der Waals surface area contributed by atoms with E-state index in [2.05, 4.69) is 22.0 Å². The number of nitrogens with one attached hydrogen (secondary N) is 1. The summed E-state index contributed by atoms with van der Waals surface area (Å²) in [6.45, 7) is 0. The van der Waals surface area contributed by atoms with Gasteiger partial charge in [0.1, 0.15) is 0 Å². The Labute approximate surface area is 159 Å². The highest BCUT2D eigenvalue weighted by Crippen LogP contribution is 2.34. The second kappa shape index (κ2) is 6.08. The molecule has 5 rings (SSSR count). The lowest BCUT2D eigenvalue weighted by Crippen LogP contribution is -1.94. The van der Waals surface area contributed by atoms with Gasteiger partial charge in [0.2, 0.25) is 0 Å². The second-order valence-electron chi connectivity index (χ2n) is 6.05. The Morgan fingerprint density at radius 3 is 2.23 bits per heavy atom. The molecule has 0 unspecified atom stereocenters. The number of anilines is 2. The van der Waals surface area contributed by atoms with Crippen LogP contribution >= 0.6 is 0 Å². The molecule has 0 aliphatic heterocycles. The van der Waals surface area contributed by atoms with Gasteiger partial charge in [0, 0.05) is 27.8 Å². The Hall–Kier alpha value is -3.52. The van der Waals surface area contributed by atoms with Gasteiger partial charge in [-0.25, -0.2) is 0 Å². The molecule has 1 heterocycles. The molecular formula is C24H18N2. The van der Waals surface area contributed by atoms with Crippen molar-refractivity contribution >= 4 is 33.2 Å². The molecule has 1 aromatic heterocycles. The molecule has 0 amide bonds. The molecule has 26 heavy (non-hydrogen) atoms. The number of rotatable bonds is 3. The maximum absolute atomic E-state index is 8.17. The van der Waals surface area contributed by atoms with Crippen molar-refractivity contribution in [1.82, 2.24) is 4.57 Å². The average molecular weight is 339 g/mol. The fraction of sp³-hybridized carbons (Fsp3) is 0. The number of fused-ring (bicyclic) bond motifs is 3. The minimum Gasteiger partial charge on any atom is -0.355 e. The zero-order valence-electron chi connectivity index (χ0n) is 18.9. The van der Waals surface area contributed by atoms with E-state index >= 15 is 0 Å². The van der Waals surface area contributed by atoms with E-state index < -0.39 is 6.04 Å². The Morgan fingerprint density at radius 2 is 1.38 bits per heavy atom. The first-order valence-corrected chi connectivity index (χ1v) is 8.40. The summed E-state index contributed by atoms with van der Waals surface area (Å²) in [6, 6.07) is 22.4. The van der Waals surface area contributed by atoms with Crippen LogP contribution in [0.5, 0.6) is 0 Å². The van der Waals surface area contributed by atoms with E-state index in [1.807, 2.05) is 60.7 Å². The zero-order valence-corrected chi connectivity index (χ0v) is 13.9. The van der Waals surface area contributed by atoms with Crippen molar-refractivity contribution in [2.45, 2.75) is 0 Å². The third kappa shape index (κ3) is 2.44. The molecule has 0 aliphatic rings. The van der Waals surface area contributed by atoms with Gasteiger partial charge in [-0.05, 0) is 42.4 Å². The van der Waals surface area contributed by atoms with Crippen molar-refractivity contribution < 1.29 is 6.85 Å². The van der Waals surface area contributed by atoms with E-state index in [0.717, 1.165) is 27.5 Å². The van der Waals surface area contributed by atoms with Crippen molar-refractivity contribution in [2.75, 3.05) is 5.32 Å². The molecule has 0 radical (unpaired) electrons. The van der Waals surface area contributed by atoms with Crippen LogP contribution in [0.25, 0.3) is 27.5 Å². The summed E-state index contributed by atoms with van der Waals surface area (Å²) in [4.78, 5) is 0. The molecular weight excluding hydrogens is 316 g/mol. The van der Waals surface area contributed by atoms with Gasteiger partial charge < -0.3 is 9.88 Å². The quantitative estimate of drug-likeness (QED) is 0.395. The molecule has 0 saturated heterocycles. The Morgan fingerprint density at radius 1 is 0.654 bits per heavy atom. The predicted molar refractivity (Wildman–Crippen MR) is 111 cm³/mol. The molecule has 2 heteroatoms. The number of aromatic nitrogens is 1. The summed E-state index contributed by atoms with van der Waals surface area (Å²) < 4.78 is 42.1. The van der Waals surface area contributed by atoms with Crippen molar-refractivity contribution in [1.29, 1.82) is 0 Å². The van der Waals surface area contributed by atoms with Gasteiger partial charge in [-0.1, -0.05) is 60.6 Å². The van der Waals surface area contributed by atoms with Crippen molar-refractivity contribution in [3.8, 4) is 5.69 Å². The SMILES string of the molecule is [2H]c1c([2H])c([2H])c(Nc2ccc3c4ccccc4n(-c4ccccc4)c3c2)c([2H])c1[2H]. The van der Waals surface area contributed by atoms with Crippen LogP contribution in [0.2, 0.25) is 0 Å². The molecule has 0 spiro atoms. The highest BCUT2D eigenvalue weighted by Gasteiger charge is 2.12. The Balaban J connectivity index is 1.73. The zero-order chi connectivity index (χ0) is 21.7. The Kier molecular flexibility index (Phi) is 2.45. The van der Waals surface area contributed by atoms with Gasteiger partial charge >= 0.3 is 0 Å². The lowest BCUT2D eigenvalue weighted by Gasteiger charge is -2.10. The molecule has 0 fully saturated rings. The van der Waals surface area contributed by atoms with E-state index in [1.165, 1.54) is 0 Å². The third-order valence-corrected chi connectivity index (χ3v) is 4.46. The van der Waals surface area contributed by atoms with Crippen molar-refractivity contribution in [3.05, 3.63) is 103 Å². The topological polar surface area (TPSA) is 17.0 Å². The standard InChI is InChI=1S/C24H18N2/c1-3-9-18(10-4-1)25-19-15-16-22-21-13-7-8-14-23(21)26(24(22)17-19)20-11-5-2-6-12-20/h1-17,25H/i1D,3D,4D,9D,10D. The first-order chi connectivity index (χ1) is 15.0. The number of hydrogen-bond acceptors (Lipinski definition) is 1. The van der Waals surface area contributed by atoms with Gasteiger partial charge in [0.05, 0.1) is 17.9 Å². The van der Waals surface area contributed by atoms with E-state index in [0.29, 0.717) is 5.69 Å². The summed E-state index contributed by atoms with van der Waals surface area (Å²) in [7, 11) is 0. The summed E-state index contributed by atoms with van der Waals surface area (Å²) in [5.41, 5.74) is 3.76. The van der Waals surface area contributed by atoms with Gasteiger partial charge in [-0.15, -0.1) is 0 Å². The molecule has 0 saturated carbocycles. The predicted octanol–water partition coefficient (Wildman–Crippen LogP) is 6.53. The number of para-hydroxylation sites is 3. The number of benzene rings is 4. The van der Waals surface area contributed by atoms with Crippen LogP contribution in [0.15, 0.2) is 103 Å². The monoisotopic (exact) mass is 339 g/mol. The van der Waals surface area contributed by atoms with Crippen LogP contribution in [0.4, 0.5) is 11.4 Å². The molecule has 0 bridgehead atoms. The maximum Gasteiger partial charge on any atom is 0.0645 e. The van der Waals surface area contributed by atoms with Crippen LogP contribution in [0.3, 0.4) is 0 Å². The fourth-order valence-corrected chi connectivity index (χ4v) is 3.36. The van der Waals surface area contributed by atoms with E-state index in [1.54, 1.807) is 0 Å². The van der Waals surface area contributed by atoms with Gasteiger partial charge in [0.25, 0.3) is 0 Å². The molecule has 5 aromatic rings. The summed E-state index contributed by atoms with van der Waals surface area (Å²) in [5.74, 6) is 0. The molecule has 0 aliphatic carbocycles. The first-order valence-electron chi connectivity index (χ1n) is 10.9. The molecule has 1 N–H and O–H groups in total. The van der Waals surface area contributed by atoms with Crippen molar-refractivity contribution in [3.63, 3.8) is 0 Å². The minimum atomic E-state index is -0.403. The minimum absolute atomic E-state index is 0.0627. The average Bonchev–Trinajstić information content (AvgIpc) is 3.13. The van der Waals surface area contributed by atoms with Gasteiger partial charge in [-0.3, -0.25) is 0 Å². The van der Waals surface area contributed by atoms with Crippen LogP contribution < -0.4 is 5.32 Å². The van der Waals surface area contributed by atoms with Crippen LogP contribution in [0, 0.1) is 0 Å². The largest absolute Gasteiger partial charge is 0.355 e.